The van der Waals surface area contributed by atoms with Crippen molar-refractivity contribution in [3.8, 4) is 17.2 Å². The number of nitrogens with one attached hydrogen (secondary N) is 1. The van der Waals surface area contributed by atoms with Crippen LogP contribution in [-0.2, 0) is 11.2 Å². The minimum Gasteiger partial charge on any atom is -0.508 e. The number of hydrogen-bond acceptors (Lipinski definition) is 5. The number of phenols is 1. The molecule has 0 aromatic heterocycles. The molecular formula is C22H29N3O4. The van der Waals surface area contributed by atoms with Gasteiger partial charge in [-0.1, -0.05) is 12.1 Å². The Balaban J connectivity index is 1.56. The Bertz CT molecular complexity index is 809. The molecule has 1 saturated heterocycles. The number of morpholine rings is 1. The van der Waals surface area contributed by atoms with E-state index in [1.165, 1.54) is 0 Å². The fraction of sp³-hybridized carbons (Fsp3) is 0.409. The average Bonchev–Trinajstić information content (AvgIpc) is 2.71. The molecule has 2 aromatic rings. The van der Waals surface area contributed by atoms with Crippen molar-refractivity contribution in [1.82, 2.24) is 10.2 Å². The van der Waals surface area contributed by atoms with Gasteiger partial charge < -0.3 is 30.5 Å². The largest absolute Gasteiger partial charge is 0.508 e. The van der Waals surface area contributed by atoms with Gasteiger partial charge in [0.05, 0.1) is 13.2 Å². The minimum absolute atomic E-state index is 0.0891. The fourth-order valence-corrected chi connectivity index (χ4v) is 3.42. The van der Waals surface area contributed by atoms with Gasteiger partial charge in [-0.2, -0.15) is 0 Å². The summed E-state index contributed by atoms with van der Waals surface area (Å²) in [6, 6.07) is 10.5. The number of phenolic OH excluding ortho intramolecular Hbond substituents is 1. The van der Waals surface area contributed by atoms with Crippen LogP contribution in [0.1, 0.15) is 16.7 Å². The predicted molar refractivity (Wildman–Crippen MR) is 112 cm³/mol. The SMILES string of the molecule is Cc1cc(C[C@H](N)CNC(=O)N2CCOCC2)cc(C)c1Oc1ccc(O)cc1. The van der Waals surface area contributed by atoms with Crippen LogP contribution in [0.5, 0.6) is 17.2 Å². The molecule has 7 heteroatoms. The second-order valence-corrected chi connectivity index (χ2v) is 7.40. The van der Waals surface area contributed by atoms with E-state index in [2.05, 4.69) is 17.4 Å². The number of benzene rings is 2. The van der Waals surface area contributed by atoms with E-state index in [1.54, 1.807) is 29.2 Å². The van der Waals surface area contributed by atoms with Crippen LogP contribution in [0.25, 0.3) is 0 Å². The Morgan fingerprint density at radius 1 is 1.21 bits per heavy atom. The molecule has 0 spiro atoms. The third-order valence-electron chi connectivity index (χ3n) is 4.89. The number of urea groups is 1. The molecule has 4 N–H and O–H groups in total. The lowest BCUT2D eigenvalue weighted by atomic mass is 10.0. The first-order valence-corrected chi connectivity index (χ1v) is 9.85. The third-order valence-corrected chi connectivity index (χ3v) is 4.89. The lowest BCUT2D eigenvalue weighted by molar-refractivity contribution is 0.0531. The molecule has 0 radical (unpaired) electrons. The van der Waals surface area contributed by atoms with Crippen molar-refractivity contribution in [3.05, 3.63) is 53.1 Å². The third kappa shape index (κ3) is 5.85. The molecular weight excluding hydrogens is 370 g/mol. The summed E-state index contributed by atoms with van der Waals surface area (Å²) < 4.78 is 11.2. The maximum Gasteiger partial charge on any atom is 0.317 e. The molecule has 0 unspecified atom stereocenters. The van der Waals surface area contributed by atoms with Crippen molar-refractivity contribution in [3.63, 3.8) is 0 Å². The molecule has 1 atom stereocenters. The van der Waals surface area contributed by atoms with Gasteiger partial charge in [-0.3, -0.25) is 0 Å². The molecule has 2 aromatic carbocycles. The summed E-state index contributed by atoms with van der Waals surface area (Å²) in [4.78, 5) is 13.9. The molecule has 29 heavy (non-hydrogen) atoms. The number of nitrogens with two attached hydrogens (primary N) is 1. The molecule has 2 amide bonds. The van der Waals surface area contributed by atoms with E-state index in [0.29, 0.717) is 45.0 Å². The fourth-order valence-electron chi connectivity index (χ4n) is 3.42. The van der Waals surface area contributed by atoms with Crippen LogP contribution in [0.3, 0.4) is 0 Å². The molecule has 156 valence electrons. The van der Waals surface area contributed by atoms with E-state index in [-0.39, 0.29) is 17.8 Å². The van der Waals surface area contributed by atoms with Gasteiger partial charge in [0.15, 0.2) is 0 Å². The molecule has 1 heterocycles. The van der Waals surface area contributed by atoms with Gasteiger partial charge >= 0.3 is 6.03 Å². The van der Waals surface area contributed by atoms with Crippen LogP contribution in [0.15, 0.2) is 36.4 Å². The standard InChI is InChI=1S/C22H29N3O4/c1-15-11-17(12-16(2)21(15)29-20-5-3-19(26)4-6-20)13-18(23)14-24-22(27)25-7-9-28-10-8-25/h3-6,11-12,18,26H,7-10,13-14,23H2,1-2H3,(H,24,27)/t18-/m0/s1. The smallest absolute Gasteiger partial charge is 0.317 e. The normalized spacial score (nSPS) is 15.1. The number of ether oxygens (including phenoxy) is 2. The molecule has 1 aliphatic rings. The topological polar surface area (TPSA) is 97.1 Å². The van der Waals surface area contributed by atoms with E-state index < -0.39 is 0 Å². The second kappa shape index (κ2) is 9.62. The van der Waals surface area contributed by atoms with Gasteiger partial charge in [0.2, 0.25) is 0 Å². The highest BCUT2D eigenvalue weighted by Gasteiger charge is 2.17. The Labute approximate surface area is 171 Å². The molecule has 3 rings (SSSR count). The molecule has 1 fully saturated rings. The van der Waals surface area contributed by atoms with Crippen LogP contribution in [0.4, 0.5) is 4.79 Å². The van der Waals surface area contributed by atoms with Crippen molar-refractivity contribution in [2.24, 2.45) is 5.73 Å². The monoisotopic (exact) mass is 399 g/mol. The molecule has 7 nitrogen and oxygen atoms in total. The number of aryl methyl sites for hydroxylation is 2. The van der Waals surface area contributed by atoms with Crippen LogP contribution in [-0.4, -0.2) is 54.9 Å². The highest BCUT2D eigenvalue weighted by molar-refractivity contribution is 5.74. The summed E-state index contributed by atoms with van der Waals surface area (Å²) in [5, 5.41) is 12.3. The van der Waals surface area contributed by atoms with Crippen LogP contribution >= 0.6 is 0 Å². The number of amides is 2. The maximum atomic E-state index is 12.2. The lowest BCUT2D eigenvalue weighted by Gasteiger charge is -2.27. The highest BCUT2D eigenvalue weighted by atomic mass is 16.5. The number of rotatable bonds is 6. The van der Waals surface area contributed by atoms with Crippen LogP contribution < -0.4 is 15.8 Å². The average molecular weight is 399 g/mol. The van der Waals surface area contributed by atoms with Crippen molar-refractivity contribution in [2.45, 2.75) is 26.3 Å². The van der Waals surface area contributed by atoms with Gasteiger partial charge in [0, 0.05) is 25.7 Å². The first-order chi connectivity index (χ1) is 13.9. The van der Waals surface area contributed by atoms with Crippen LogP contribution in [0.2, 0.25) is 0 Å². The summed E-state index contributed by atoms with van der Waals surface area (Å²) in [6.45, 7) is 6.80. The van der Waals surface area contributed by atoms with E-state index >= 15 is 0 Å². The van der Waals surface area contributed by atoms with Gasteiger partial charge in [-0.25, -0.2) is 4.79 Å². The number of hydrogen-bond donors (Lipinski definition) is 3. The summed E-state index contributed by atoms with van der Waals surface area (Å²) in [6.07, 6.45) is 0.657. The second-order valence-electron chi connectivity index (χ2n) is 7.40. The van der Waals surface area contributed by atoms with E-state index in [1.807, 2.05) is 13.8 Å². The number of carbonyl (C=O) groups excluding carboxylic acids is 1. The summed E-state index contributed by atoms with van der Waals surface area (Å²) in [5.74, 6) is 1.67. The van der Waals surface area contributed by atoms with Gasteiger partial charge in [-0.05, 0) is 61.2 Å². The molecule has 1 aliphatic heterocycles. The Morgan fingerprint density at radius 2 is 1.83 bits per heavy atom. The van der Waals surface area contributed by atoms with E-state index in [0.717, 1.165) is 22.4 Å². The Morgan fingerprint density at radius 3 is 2.45 bits per heavy atom. The number of carbonyl (C=O) groups is 1. The van der Waals surface area contributed by atoms with Crippen molar-refractivity contribution in [2.75, 3.05) is 32.8 Å². The quantitative estimate of drug-likeness (QED) is 0.694. The first-order valence-electron chi connectivity index (χ1n) is 9.85. The molecule has 0 bridgehead atoms. The zero-order chi connectivity index (χ0) is 20.8. The lowest BCUT2D eigenvalue weighted by Crippen LogP contribution is -2.49. The number of nitrogens with zero attached hydrogens (tertiary/aromatic N) is 1. The van der Waals surface area contributed by atoms with Gasteiger partial charge in [-0.15, -0.1) is 0 Å². The van der Waals surface area contributed by atoms with Crippen molar-refractivity contribution < 1.29 is 19.4 Å². The predicted octanol–water partition coefficient (Wildman–Crippen LogP) is 2.71. The summed E-state index contributed by atoms with van der Waals surface area (Å²) >= 11 is 0. The van der Waals surface area contributed by atoms with Crippen LogP contribution in [0, 0.1) is 13.8 Å². The highest BCUT2D eigenvalue weighted by Crippen LogP contribution is 2.30. The van der Waals surface area contributed by atoms with E-state index in [4.69, 9.17) is 15.2 Å². The van der Waals surface area contributed by atoms with Gasteiger partial charge in [0.25, 0.3) is 0 Å². The zero-order valence-corrected chi connectivity index (χ0v) is 17.0. The Kier molecular flexibility index (Phi) is 6.95. The van der Waals surface area contributed by atoms with Crippen molar-refractivity contribution >= 4 is 6.03 Å². The zero-order valence-electron chi connectivity index (χ0n) is 17.0. The maximum absolute atomic E-state index is 12.2. The molecule has 0 aliphatic carbocycles. The van der Waals surface area contributed by atoms with Gasteiger partial charge in [0.1, 0.15) is 17.2 Å². The minimum atomic E-state index is -0.178. The molecule has 0 saturated carbocycles. The first kappa shape index (κ1) is 21.0. The summed E-state index contributed by atoms with van der Waals surface area (Å²) in [7, 11) is 0. The van der Waals surface area contributed by atoms with Crippen molar-refractivity contribution in [1.29, 1.82) is 0 Å². The Hall–Kier alpha value is -2.77. The number of aromatic hydroxyl groups is 1. The summed E-state index contributed by atoms with van der Waals surface area (Å²) in [5.41, 5.74) is 9.37. The van der Waals surface area contributed by atoms with E-state index in [9.17, 15) is 9.90 Å².